The zero-order chi connectivity index (χ0) is 19.5. The van der Waals surface area contributed by atoms with Crippen LogP contribution in [0.25, 0.3) is 11.3 Å². The maximum Gasteiger partial charge on any atom is 0.264 e. The first-order valence-electron chi connectivity index (χ1n) is 8.97. The molecule has 7 nitrogen and oxygen atoms in total. The van der Waals surface area contributed by atoms with Crippen molar-refractivity contribution in [2.24, 2.45) is 5.92 Å². The van der Waals surface area contributed by atoms with Crippen molar-refractivity contribution in [3.63, 3.8) is 0 Å². The summed E-state index contributed by atoms with van der Waals surface area (Å²) in [4.78, 5) is 35.7. The van der Waals surface area contributed by atoms with E-state index in [0.29, 0.717) is 22.6 Å². The monoisotopic (exact) mass is 374 g/mol. The summed E-state index contributed by atoms with van der Waals surface area (Å²) in [6.45, 7) is 0. The standard InChI is InChI=1S/C21H18N4O3/c26-19-10-9-18(24-25-19)14-3-1-5-16(11-14)23-21(28)15-4-2-6-17(12-15)22-20(27)13-7-8-13/h1-6,9-13H,7-8H2,(H,22,27)(H,23,28)(H,25,26). The van der Waals surface area contributed by atoms with Gasteiger partial charge in [-0.3, -0.25) is 14.4 Å². The van der Waals surface area contributed by atoms with Crippen molar-refractivity contribution in [2.75, 3.05) is 10.6 Å². The highest BCUT2D eigenvalue weighted by Gasteiger charge is 2.29. The van der Waals surface area contributed by atoms with Gasteiger partial charge in [0.2, 0.25) is 5.91 Å². The molecule has 7 heteroatoms. The van der Waals surface area contributed by atoms with E-state index in [1.165, 1.54) is 6.07 Å². The van der Waals surface area contributed by atoms with E-state index in [0.717, 1.165) is 18.4 Å². The number of hydrogen-bond donors (Lipinski definition) is 3. The number of H-pyrrole nitrogens is 1. The Bertz CT molecular complexity index is 1080. The van der Waals surface area contributed by atoms with E-state index in [1.54, 1.807) is 48.5 Å². The van der Waals surface area contributed by atoms with Gasteiger partial charge in [-0.25, -0.2) is 5.10 Å². The first-order valence-corrected chi connectivity index (χ1v) is 8.97. The lowest BCUT2D eigenvalue weighted by Gasteiger charge is -2.09. The van der Waals surface area contributed by atoms with Crippen LogP contribution in [0, 0.1) is 5.92 Å². The van der Waals surface area contributed by atoms with Crippen LogP contribution in [0.5, 0.6) is 0 Å². The predicted octanol–water partition coefficient (Wildman–Crippen LogP) is 3.04. The van der Waals surface area contributed by atoms with E-state index in [9.17, 15) is 14.4 Å². The molecule has 28 heavy (non-hydrogen) atoms. The number of carbonyl (C=O) groups is 2. The average Bonchev–Trinajstić information content (AvgIpc) is 3.54. The summed E-state index contributed by atoms with van der Waals surface area (Å²) in [7, 11) is 0. The molecule has 140 valence electrons. The molecule has 1 aliphatic rings. The van der Waals surface area contributed by atoms with Crippen molar-refractivity contribution in [3.8, 4) is 11.3 Å². The van der Waals surface area contributed by atoms with Crippen LogP contribution in [0.4, 0.5) is 11.4 Å². The minimum Gasteiger partial charge on any atom is -0.326 e. The molecule has 1 saturated carbocycles. The molecule has 1 fully saturated rings. The van der Waals surface area contributed by atoms with Gasteiger partial charge in [0.25, 0.3) is 11.5 Å². The summed E-state index contributed by atoms with van der Waals surface area (Å²) in [6, 6.07) is 17.0. The lowest BCUT2D eigenvalue weighted by molar-refractivity contribution is -0.117. The van der Waals surface area contributed by atoms with E-state index in [2.05, 4.69) is 20.8 Å². The fourth-order valence-electron chi connectivity index (χ4n) is 2.79. The highest BCUT2D eigenvalue weighted by Crippen LogP contribution is 2.30. The number of hydrogen-bond acceptors (Lipinski definition) is 4. The van der Waals surface area contributed by atoms with Gasteiger partial charge in [0, 0.05) is 34.5 Å². The summed E-state index contributed by atoms with van der Waals surface area (Å²) in [5.41, 5.74) is 2.74. The first kappa shape index (κ1) is 17.7. The van der Waals surface area contributed by atoms with E-state index in [-0.39, 0.29) is 23.3 Å². The minimum atomic E-state index is -0.283. The Morgan fingerprint density at radius 3 is 2.39 bits per heavy atom. The van der Waals surface area contributed by atoms with Crippen LogP contribution in [0.15, 0.2) is 65.5 Å². The number of nitrogens with zero attached hydrogens (tertiary/aromatic N) is 1. The Hall–Kier alpha value is -3.74. The second-order valence-electron chi connectivity index (χ2n) is 6.69. The Morgan fingerprint density at radius 1 is 0.929 bits per heavy atom. The Labute approximate surface area is 160 Å². The zero-order valence-electron chi connectivity index (χ0n) is 14.9. The molecule has 2 amide bonds. The van der Waals surface area contributed by atoms with Gasteiger partial charge >= 0.3 is 0 Å². The molecule has 1 heterocycles. The van der Waals surface area contributed by atoms with Gasteiger partial charge in [-0.1, -0.05) is 18.2 Å². The van der Waals surface area contributed by atoms with Gasteiger partial charge in [-0.15, -0.1) is 0 Å². The smallest absolute Gasteiger partial charge is 0.264 e. The molecule has 1 aliphatic carbocycles. The van der Waals surface area contributed by atoms with Crippen molar-refractivity contribution in [1.82, 2.24) is 10.2 Å². The maximum atomic E-state index is 12.6. The van der Waals surface area contributed by atoms with Crippen LogP contribution in [0.3, 0.4) is 0 Å². The number of rotatable bonds is 5. The van der Waals surface area contributed by atoms with Crippen molar-refractivity contribution >= 4 is 23.2 Å². The Morgan fingerprint density at radius 2 is 1.68 bits per heavy atom. The van der Waals surface area contributed by atoms with Gasteiger partial charge in [-0.2, -0.15) is 5.10 Å². The summed E-state index contributed by atoms with van der Waals surface area (Å²) < 4.78 is 0. The molecule has 0 saturated heterocycles. The van der Waals surface area contributed by atoms with E-state index >= 15 is 0 Å². The molecule has 3 N–H and O–H groups in total. The number of benzene rings is 2. The SMILES string of the molecule is O=C(Nc1cccc(-c2ccc(=O)[nH]n2)c1)c1cccc(NC(=O)C2CC2)c1. The van der Waals surface area contributed by atoms with Crippen LogP contribution in [-0.2, 0) is 4.79 Å². The molecule has 0 aliphatic heterocycles. The van der Waals surface area contributed by atoms with Crippen molar-refractivity contribution in [3.05, 3.63) is 76.6 Å². The molecule has 1 aromatic heterocycles. The number of nitrogens with one attached hydrogen (secondary N) is 3. The Kier molecular flexibility index (Phi) is 4.72. The van der Waals surface area contributed by atoms with E-state index < -0.39 is 0 Å². The summed E-state index contributed by atoms with van der Waals surface area (Å²) in [5.74, 6) is -0.186. The molecule has 0 bridgehead atoms. The quantitative estimate of drug-likeness (QED) is 0.638. The fraction of sp³-hybridized carbons (Fsp3) is 0.143. The molecular formula is C21H18N4O3. The number of carbonyl (C=O) groups excluding carboxylic acids is 2. The lowest BCUT2D eigenvalue weighted by Crippen LogP contribution is -2.15. The highest BCUT2D eigenvalue weighted by atomic mass is 16.2. The second-order valence-corrected chi connectivity index (χ2v) is 6.69. The van der Waals surface area contributed by atoms with Gasteiger partial charge in [0.05, 0.1) is 5.69 Å². The lowest BCUT2D eigenvalue weighted by atomic mass is 10.1. The fourth-order valence-corrected chi connectivity index (χ4v) is 2.79. The van der Waals surface area contributed by atoms with Crippen molar-refractivity contribution in [2.45, 2.75) is 12.8 Å². The third kappa shape index (κ3) is 4.15. The predicted molar refractivity (Wildman–Crippen MR) is 106 cm³/mol. The third-order valence-electron chi connectivity index (χ3n) is 4.44. The minimum absolute atomic E-state index is 0.00124. The average molecular weight is 374 g/mol. The van der Waals surface area contributed by atoms with E-state index in [1.807, 2.05) is 6.07 Å². The van der Waals surface area contributed by atoms with Crippen LogP contribution < -0.4 is 16.2 Å². The molecule has 0 spiro atoms. The maximum absolute atomic E-state index is 12.6. The summed E-state index contributed by atoms with van der Waals surface area (Å²) >= 11 is 0. The molecule has 0 unspecified atom stereocenters. The summed E-state index contributed by atoms with van der Waals surface area (Å²) in [5, 5.41) is 12.1. The summed E-state index contributed by atoms with van der Waals surface area (Å²) in [6.07, 6.45) is 1.85. The molecule has 4 rings (SSSR count). The number of aromatic nitrogens is 2. The van der Waals surface area contributed by atoms with Crippen LogP contribution in [-0.4, -0.2) is 22.0 Å². The third-order valence-corrected chi connectivity index (χ3v) is 4.44. The van der Waals surface area contributed by atoms with Crippen LogP contribution >= 0.6 is 0 Å². The molecule has 0 atom stereocenters. The van der Waals surface area contributed by atoms with Gasteiger partial charge in [0.15, 0.2) is 0 Å². The van der Waals surface area contributed by atoms with E-state index in [4.69, 9.17) is 0 Å². The topological polar surface area (TPSA) is 104 Å². The van der Waals surface area contributed by atoms with Crippen LogP contribution in [0.2, 0.25) is 0 Å². The van der Waals surface area contributed by atoms with Crippen LogP contribution in [0.1, 0.15) is 23.2 Å². The number of anilines is 2. The number of amides is 2. The molecular weight excluding hydrogens is 356 g/mol. The van der Waals surface area contributed by atoms with Crippen molar-refractivity contribution in [1.29, 1.82) is 0 Å². The van der Waals surface area contributed by atoms with Gasteiger partial charge in [0.1, 0.15) is 0 Å². The largest absolute Gasteiger partial charge is 0.326 e. The second kappa shape index (κ2) is 7.48. The molecule has 0 radical (unpaired) electrons. The first-order chi connectivity index (χ1) is 13.6. The van der Waals surface area contributed by atoms with Crippen molar-refractivity contribution < 1.29 is 9.59 Å². The Balaban J connectivity index is 1.49. The molecule has 2 aromatic carbocycles. The van der Waals surface area contributed by atoms with Gasteiger partial charge in [-0.05, 0) is 49.2 Å². The zero-order valence-corrected chi connectivity index (χ0v) is 14.9. The van der Waals surface area contributed by atoms with Gasteiger partial charge < -0.3 is 10.6 Å². The molecule has 3 aromatic rings. The number of aromatic amines is 1. The highest BCUT2D eigenvalue weighted by molar-refractivity contribution is 6.05. The normalized spacial score (nSPS) is 13.0.